The van der Waals surface area contributed by atoms with Gasteiger partial charge in [-0.15, -0.1) is 0 Å². The second kappa shape index (κ2) is 6.95. The zero-order valence-electron chi connectivity index (χ0n) is 6.76. The Morgan fingerprint density at radius 3 is 2.70 bits per heavy atom. The lowest BCUT2D eigenvalue weighted by molar-refractivity contribution is 0.665. The predicted molar refractivity (Wildman–Crippen MR) is 46.8 cm³/mol. The number of hydrogen-bond acceptors (Lipinski definition) is 2. The Kier molecular flexibility index (Phi) is 6.84. The number of thiocyanates is 1. The molecule has 0 N–H and O–H groups in total. The molecule has 0 heterocycles. The molecule has 0 fully saturated rings. The number of rotatable bonds is 5. The van der Waals surface area contributed by atoms with Crippen LogP contribution in [0.3, 0.4) is 0 Å². The fourth-order valence-corrected chi connectivity index (χ4v) is 1.30. The first kappa shape index (κ1) is 9.84. The molecule has 2 heteroatoms. The largest absolute Gasteiger partial charge is 0.185 e. The van der Waals surface area contributed by atoms with E-state index in [4.69, 9.17) is 5.26 Å². The highest BCUT2D eigenvalue weighted by molar-refractivity contribution is 8.04. The summed E-state index contributed by atoms with van der Waals surface area (Å²) in [4.78, 5) is 0. The molecule has 0 aromatic heterocycles. The van der Waals surface area contributed by atoms with Crippen LogP contribution in [0, 0.1) is 10.7 Å². The summed E-state index contributed by atoms with van der Waals surface area (Å²) in [7, 11) is 0. The van der Waals surface area contributed by atoms with Gasteiger partial charge in [0, 0.05) is 5.25 Å². The maximum atomic E-state index is 8.31. The maximum absolute atomic E-state index is 8.31. The van der Waals surface area contributed by atoms with Gasteiger partial charge in [0.15, 0.2) is 0 Å². The minimum absolute atomic E-state index is 0.525. The van der Waals surface area contributed by atoms with E-state index < -0.39 is 0 Å². The van der Waals surface area contributed by atoms with Gasteiger partial charge in [-0.25, -0.2) is 0 Å². The Labute approximate surface area is 67.8 Å². The van der Waals surface area contributed by atoms with E-state index in [2.05, 4.69) is 19.2 Å². The minimum Gasteiger partial charge on any atom is -0.185 e. The second-order valence-electron chi connectivity index (χ2n) is 2.52. The molecule has 0 rings (SSSR count). The van der Waals surface area contributed by atoms with E-state index >= 15 is 0 Å². The molecular weight excluding hydrogens is 142 g/mol. The van der Waals surface area contributed by atoms with Gasteiger partial charge in [-0.2, -0.15) is 5.26 Å². The summed E-state index contributed by atoms with van der Waals surface area (Å²) in [6, 6.07) is 0. The molecule has 0 aliphatic heterocycles. The Bertz CT molecular complexity index is 106. The molecule has 0 aliphatic carbocycles. The lowest BCUT2D eigenvalue weighted by atomic mass is 10.2. The summed E-state index contributed by atoms with van der Waals surface area (Å²) in [6.45, 7) is 4.31. The quantitative estimate of drug-likeness (QED) is 0.452. The molecule has 0 bridgehead atoms. The number of unbranched alkanes of at least 4 members (excludes halogenated alkanes) is 2. The van der Waals surface area contributed by atoms with Crippen molar-refractivity contribution < 1.29 is 0 Å². The molecule has 1 atom stereocenters. The van der Waals surface area contributed by atoms with Crippen LogP contribution in [0.1, 0.15) is 39.5 Å². The van der Waals surface area contributed by atoms with E-state index in [-0.39, 0.29) is 0 Å². The van der Waals surface area contributed by atoms with E-state index in [9.17, 15) is 0 Å². The molecule has 0 aromatic rings. The summed E-state index contributed by atoms with van der Waals surface area (Å²) in [6.07, 6.45) is 5.03. The van der Waals surface area contributed by atoms with Crippen LogP contribution in [0.2, 0.25) is 0 Å². The fraction of sp³-hybridized carbons (Fsp3) is 0.875. The monoisotopic (exact) mass is 157 g/mol. The standard InChI is InChI=1S/C8H15NS/c1-3-4-5-6-8(2)10-7-9/h8H,3-6H2,1-2H3/t8-/m1/s1. The van der Waals surface area contributed by atoms with Crippen LogP contribution >= 0.6 is 11.8 Å². The van der Waals surface area contributed by atoms with Crippen molar-refractivity contribution in [3.63, 3.8) is 0 Å². The smallest absolute Gasteiger partial charge is 0.133 e. The number of hydrogen-bond donors (Lipinski definition) is 0. The van der Waals surface area contributed by atoms with Crippen molar-refractivity contribution in [1.29, 1.82) is 5.26 Å². The SMILES string of the molecule is CCCCC[C@@H](C)SC#N. The molecule has 0 radical (unpaired) electrons. The van der Waals surface area contributed by atoms with Crippen molar-refractivity contribution in [2.45, 2.75) is 44.8 Å². The first-order chi connectivity index (χ1) is 4.81. The van der Waals surface area contributed by atoms with Gasteiger partial charge >= 0.3 is 0 Å². The molecule has 10 heavy (non-hydrogen) atoms. The van der Waals surface area contributed by atoms with Crippen molar-refractivity contribution in [2.75, 3.05) is 0 Å². The normalized spacial score (nSPS) is 12.5. The molecule has 0 aliphatic rings. The summed E-state index contributed by atoms with van der Waals surface area (Å²) in [5.41, 5.74) is 0. The van der Waals surface area contributed by atoms with Gasteiger partial charge in [0.2, 0.25) is 0 Å². The van der Waals surface area contributed by atoms with Crippen LogP contribution in [-0.4, -0.2) is 5.25 Å². The Hall–Kier alpha value is -0.160. The molecule has 0 unspecified atom stereocenters. The zero-order chi connectivity index (χ0) is 7.82. The average molecular weight is 157 g/mol. The van der Waals surface area contributed by atoms with E-state index in [1.54, 1.807) is 0 Å². The molecule has 0 spiro atoms. The molecule has 0 saturated carbocycles. The lowest BCUT2D eigenvalue weighted by Gasteiger charge is -2.03. The zero-order valence-corrected chi connectivity index (χ0v) is 7.58. The summed E-state index contributed by atoms with van der Waals surface area (Å²) < 4.78 is 0. The Balaban J connectivity index is 3.06. The van der Waals surface area contributed by atoms with E-state index in [1.165, 1.54) is 37.4 Å². The third-order valence-electron chi connectivity index (χ3n) is 1.47. The van der Waals surface area contributed by atoms with Crippen LogP contribution in [-0.2, 0) is 0 Å². The van der Waals surface area contributed by atoms with Crippen LogP contribution in [0.15, 0.2) is 0 Å². The van der Waals surface area contributed by atoms with Gasteiger partial charge < -0.3 is 0 Å². The molecule has 0 saturated heterocycles. The topological polar surface area (TPSA) is 23.8 Å². The minimum atomic E-state index is 0.525. The predicted octanol–water partition coefficient (Wildman–Crippen LogP) is 3.17. The summed E-state index contributed by atoms with van der Waals surface area (Å²) in [5.74, 6) is 0. The van der Waals surface area contributed by atoms with Gasteiger partial charge in [-0.3, -0.25) is 0 Å². The Morgan fingerprint density at radius 2 is 2.20 bits per heavy atom. The molecule has 0 amide bonds. The molecular formula is C8H15NS. The van der Waals surface area contributed by atoms with Crippen LogP contribution in [0.25, 0.3) is 0 Å². The van der Waals surface area contributed by atoms with Crippen molar-refractivity contribution in [1.82, 2.24) is 0 Å². The first-order valence-electron chi connectivity index (χ1n) is 3.86. The molecule has 58 valence electrons. The van der Waals surface area contributed by atoms with Gasteiger partial charge in [0.1, 0.15) is 5.40 Å². The highest BCUT2D eigenvalue weighted by atomic mass is 32.2. The van der Waals surface area contributed by atoms with Gasteiger partial charge in [-0.05, 0) is 18.2 Å². The van der Waals surface area contributed by atoms with Crippen molar-refractivity contribution in [2.24, 2.45) is 0 Å². The van der Waals surface area contributed by atoms with E-state index in [0.29, 0.717) is 5.25 Å². The van der Waals surface area contributed by atoms with Crippen LogP contribution in [0.5, 0.6) is 0 Å². The average Bonchev–Trinajstić information content (AvgIpc) is 1.89. The van der Waals surface area contributed by atoms with Gasteiger partial charge in [-0.1, -0.05) is 33.1 Å². The number of thioether (sulfide) groups is 1. The molecule has 0 aromatic carbocycles. The van der Waals surface area contributed by atoms with Crippen molar-refractivity contribution in [3.8, 4) is 5.40 Å². The van der Waals surface area contributed by atoms with Crippen molar-refractivity contribution >= 4 is 11.8 Å². The highest BCUT2D eigenvalue weighted by Gasteiger charge is 1.99. The fourth-order valence-electron chi connectivity index (χ4n) is 0.831. The lowest BCUT2D eigenvalue weighted by Crippen LogP contribution is -1.93. The van der Waals surface area contributed by atoms with Gasteiger partial charge in [0.25, 0.3) is 0 Å². The van der Waals surface area contributed by atoms with E-state index in [0.717, 1.165) is 0 Å². The molecule has 1 nitrogen and oxygen atoms in total. The highest BCUT2D eigenvalue weighted by Crippen LogP contribution is 2.15. The summed E-state index contributed by atoms with van der Waals surface area (Å²) in [5, 5.41) is 10.9. The Morgan fingerprint density at radius 1 is 1.50 bits per heavy atom. The van der Waals surface area contributed by atoms with E-state index in [1.807, 2.05) is 0 Å². The maximum Gasteiger partial charge on any atom is 0.133 e. The van der Waals surface area contributed by atoms with Crippen LogP contribution < -0.4 is 0 Å². The summed E-state index contributed by atoms with van der Waals surface area (Å²) >= 11 is 1.39. The third-order valence-corrected chi connectivity index (χ3v) is 2.21. The number of nitriles is 1. The van der Waals surface area contributed by atoms with Crippen molar-refractivity contribution in [3.05, 3.63) is 0 Å². The first-order valence-corrected chi connectivity index (χ1v) is 4.74. The van der Waals surface area contributed by atoms with Gasteiger partial charge in [0.05, 0.1) is 0 Å². The van der Waals surface area contributed by atoms with Crippen LogP contribution in [0.4, 0.5) is 0 Å². The second-order valence-corrected chi connectivity index (χ2v) is 3.74. The number of nitrogens with zero attached hydrogens (tertiary/aromatic N) is 1. The third kappa shape index (κ3) is 5.97.